The van der Waals surface area contributed by atoms with Gasteiger partial charge in [-0.2, -0.15) is 4.98 Å². The van der Waals surface area contributed by atoms with E-state index in [1.54, 1.807) is 4.68 Å². The molecule has 0 aliphatic rings. The highest BCUT2D eigenvalue weighted by Crippen LogP contribution is 2.27. The Morgan fingerprint density at radius 3 is 2.53 bits per heavy atom. The van der Waals surface area contributed by atoms with Crippen LogP contribution in [0.15, 0.2) is 72.8 Å². The molecule has 1 aromatic heterocycles. The number of nitrogens with one attached hydrogen (secondary N) is 1. The molecule has 0 spiro atoms. The number of benzene rings is 3. The molecule has 4 aromatic rings. The minimum absolute atomic E-state index is 0.171. The second-order valence-corrected chi connectivity index (χ2v) is 7.86. The first-order valence-electron chi connectivity index (χ1n) is 11.3. The third kappa shape index (κ3) is 5.50. The zero-order valence-electron chi connectivity index (χ0n) is 19.6. The van der Waals surface area contributed by atoms with Gasteiger partial charge in [0.2, 0.25) is 0 Å². The minimum atomic E-state index is -0.171. The fraction of sp³-hybridized carbons (Fsp3) is 0.222. The Bertz CT molecular complexity index is 1270. The number of carbonyl (C=O) groups excluding carboxylic acids is 1. The number of nitrogens with zero attached hydrogens (tertiary/aromatic N) is 3. The van der Waals surface area contributed by atoms with Crippen LogP contribution >= 0.6 is 0 Å². The molecule has 0 fully saturated rings. The van der Waals surface area contributed by atoms with Crippen LogP contribution in [0.25, 0.3) is 17.1 Å². The second-order valence-electron chi connectivity index (χ2n) is 7.86. The van der Waals surface area contributed by atoms with E-state index in [1.807, 2.05) is 93.6 Å². The summed E-state index contributed by atoms with van der Waals surface area (Å²) in [7, 11) is 0. The van der Waals surface area contributed by atoms with Crippen molar-refractivity contribution < 1.29 is 14.3 Å². The normalized spacial score (nSPS) is 10.8. The highest BCUT2D eigenvalue weighted by Gasteiger charge is 2.17. The first-order valence-corrected chi connectivity index (χ1v) is 11.3. The SMILES string of the molecule is CCOCCOc1nc(-c2ccccc2C)n(-c2cccc(NC(=O)c3ccc(C)cc3)c2)n1. The lowest BCUT2D eigenvalue weighted by Crippen LogP contribution is -2.12. The fourth-order valence-corrected chi connectivity index (χ4v) is 3.49. The third-order valence-electron chi connectivity index (χ3n) is 5.30. The largest absolute Gasteiger partial charge is 0.460 e. The molecule has 1 amide bonds. The van der Waals surface area contributed by atoms with Crippen molar-refractivity contribution in [1.82, 2.24) is 14.8 Å². The van der Waals surface area contributed by atoms with Crippen molar-refractivity contribution in [3.05, 3.63) is 89.5 Å². The molecule has 0 atom stereocenters. The Hall–Kier alpha value is -3.97. The smallest absolute Gasteiger partial charge is 0.336 e. The Morgan fingerprint density at radius 1 is 0.971 bits per heavy atom. The van der Waals surface area contributed by atoms with Gasteiger partial charge < -0.3 is 14.8 Å². The molecule has 0 unspecified atom stereocenters. The minimum Gasteiger partial charge on any atom is -0.460 e. The van der Waals surface area contributed by atoms with E-state index in [9.17, 15) is 4.79 Å². The molecule has 0 aliphatic heterocycles. The van der Waals surface area contributed by atoms with E-state index < -0.39 is 0 Å². The molecule has 0 aliphatic carbocycles. The van der Waals surface area contributed by atoms with Gasteiger partial charge in [0.15, 0.2) is 5.82 Å². The Balaban J connectivity index is 1.64. The maximum Gasteiger partial charge on any atom is 0.336 e. The number of hydrogen-bond donors (Lipinski definition) is 1. The highest BCUT2D eigenvalue weighted by molar-refractivity contribution is 6.04. The predicted octanol–water partition coefficient (Wildman–Crippen LogP) is 5.22. The molecular weight excluding hydrogens is 428 g/mol. The molecule has 7 nitrogen and oxygen atoms in total. The first kappa shape index (κ1) is 23.2. The number of ether oxygens (including phenoxy) is 2. The summed E-state index contributed by atoms with van der Waals surface area (Å²) >= 11 is 0. The summed E-state index contributed by atoms with van der Waals surface area (Å²) in [6.45, 7) is 7.41. The zero-order chi connectivity index (χ0) is 23.9. The van der Waals surface area contributed by atoms with Gasteiger partial charge in [0.05, 0.1) is 12.3 Å². The van der Waals surface area contributed by atoms with Gasteiger partial charge >= 0.3 is 6.01 Å². The van der Waals surface area contributed by atoms with Crippen LogP contribution in [0.4, 0.5) is 5.69 Å². The van der Waals surface area contributed by atoms with Gasteiger partial charge in [0.25, 0.3) is 5.91 Å². The molecule has 0 saturated heterocycles. The quantitative estimate of drug-likeness (QED) is 0.350. The van der Waals surface area contributed by atoms with Gasteiger partial charge in [-0.05, 0) is 56.7 Å². The molecule has 0 radical (unpaired) electrons. The number of amides is 1. The summed E-state index contributed by atoms with van der Waals surface area (Å²) in [4.78, 5) is 17.4. The van der Waals surface area contributed by atoms with Crippen molar-refractivity contribution in [3.8, 4) is 23.1 Å². The maximum atomic E-state index is 12.7. The van der Waals surface area contributed by atoms with Crippen molar-refractivity contribution in [2.75, 3.05) is 25.1 Å². The van der Waals surface area contributed by atoms with Crippen molar-refractivity contribution in [2.45, 2.75) is 20.8 Å². The lowest BCUT2D eigenvalue weighted by molar-refractivity contribution is 0.102. The average molecular weight is 457 g/mol. The van der Waals surface area contributed by atoms with Gasteiger partial charge in [-0.25, -0.2) is 4.68 Å². The number of aryl methyl sites for hydroxylation is 2. The molecule has 1 N–H and O–H groups in total. The molecule has 34 heavy (non-hydrogen) atoms. The van der Waals surface area contributed by atoms with Crippen molar-refractivity contribution in [2.24, 2.45) is 0 Å². The number of hydrogen-bond acceptors (Lipinski definition) is 5. The second kappa shape index (κ2) is 10.8. The van der Waals surface area contributed by atoms with E-state index in [1.165, 1.54) is 0 Å². The predicted molar refractivity (Wildman–Crippen MR) is 133 cm³/mol. The van der Waals surface area contributed by atoms with Gasteiger partial charge in [-0.15, -0.1) is 5.10 Å². The molecule has 174 valence electrons. The summed E-state index contributed by atoms with van der Waals surface area (Å²) in [6, 6.07) is 23.2. The summed E-state index contributed by atoms with van der Waals surface area (Å²) in [5.74, 6) is 0.487. The van der Waals surface area contributed by atoms with Crippen LogP contribution in [0.3, 0.4) is 0 Å². The van der Waals surface area contributed by atoms with Gasteiger partial charge in [0, 0.05) is 23.4 Å². The van der Waals surface area contributed by atoms with Crippen LogP contribution in [-0.4, -0.2) is 40.5 Å². The van der Waals surface area contributed by atoms with Gasteiger partial charge in [-0.1, -0.05) is 48.0 Å². The molecule has 7 heteroatoms. The summed E-state index contributed by atoms with van der Waals surface area (Å²) < 4.78 is 12.8. The van der Waals surface area contributed by atoms with Crippen LogP contribution in [0.2, 0.25) is 0 Å². The zero-order valence-corrected chi connectivity index (χ0v) is 19.6. The number of aromatic nitrogens is 3. The molecule has 4 rings (SSSR count). The Labute approximate surface area is 199 Å². The van der Waals surface area contributed by atoms with Crippen LogP contribution in [0.5, 0.6) is 6.01 Å². The third-order valence-corrected chi connectivity index (χ3v) is 5.30. The first-order chi connectivity index (χ1) is 16.5. The Kier molecular flexibility index (Phi) is 7.34. The van der Waals surface area contributed by atoms with E-state index in [2.05, 4.69) is 15.4 Å². The monoisotopic (exact) mass is 456 g/mol. The van der Waals surface area contributed by atoms with Crippen molar-refractivity contribution in [1.29, 1.82) is 0 Å². The lowest BCUT2D eigenvalue weighted by atomic mass is 10.1. The van der Waals surface area contributed by atoms with Gasteiger partial charge in [0.1, 0.15) is 6.61 Å². The van der Waals surface area contributed by atoms with E-state index in [4.69, 9.17) is 9.47 Å². The lowest BCUT2D eigenvalue weighted by Gasteiger charge is -2.10. The molecule has 0 bridgehead atoms. The summed E-state index contributed by atoms with van der Waals surface area (Å²) in [5.41, 5.74) is 5.14. The van der Waals surface area contributed by atoms with Crippen LogP contribution in [0.1, 0.15) is 28.4 Å². The summed E-state index contributed by atoms with van der Waals surface area (Å²) in [6.07, 6.45) is 0. The van der Waals surface area contributed by atoms with E-state index in [-0.39, 0.29) is 11.9 Å². The van der Waals surface area contributed by atoms with Crippen LogP contribution in [0, 0.1) is 13.8 Å². The Morgan fingerprint density at radius 2 is 1.76 bits per heavy atom. The molecule has 0 saturated carbocycles. The topological polar surface area (TPSA) is 78.3 Å². The van der Waals surface area contributed by atoms with Crippen molar-refractivity contribution >= 4 is 11.6 Å². The number of carbonyl (C=O) groups is 1. The standard InChI is InChI=1S/C27H28N4O3/c1-4-33-16-17-34-27-29-25(24-11-6-5-8-20(24)3)31(30-27)23-10-7-9-22(18-23)28-26(32)21-14-12-19(2)13-15-21/h5-15,18H,4,16-17H2,1-3H3,(H,28,32). The van der Waals surface area contributed by atoms with E-state index in [0.717, 1.165) is 22.4 Å². The van der Waals surface area contributed by atoms with Crippen molar-refractivity contribution in [3.63, 3.8) is 0 Å². The summed E-state index contributed by atoms with van der Waals surface area (Å²) in [5, 5.41) is 7.56. The van der Waals surface area contributed by atoms with E-state index in [0.29, 0.717) is 36.9 Å². The number of anilines is 1. The van der Waals surface area contributed by atoms with Crippen LogP contribution in [-0.2, 0) is 4.74 Å². The van der Waals surface area contributed by atoms with Gasteiger partial charge in [-0.3, -0.25) is 4.79 Å². The number of rotatable bonds is 9. The molecule has 3 aromatic carbocycles. The molecule has 1 heterocycles. The highest BCUT2D eigenvalue weighted by atomic mass is 16.5. The average Bonchev–Trinajstić information content (AvgIpc) is 3.27. The molecular formula is C27H28N4O3. The maximum absolute atomic E-state index is 12.7. The fourth-order valence-electron chi connectivity index (χ4n) is 3.49. The van der Waals surface area contributed by atoms with E-state index >= 15 is 0 Å². The van der Waals surface area contributed by atoms with Crippen LogP contribution < -0.4 is 10.1 Å².